The average molecular weight is 753 g/mol. The van der Waals surface area contributed by atoms with Crippen LogP contribution in [0.25, 0.3) is 0 Å². The van der Waals surface area contributed by atoms with Crippen molar-refractivity contribution in [2.45, 2.75) is 303 Å². The summed E-state index contributed by atoms with van der Waals surface area (Å²) in [6.45, 7) is 8.17. The molecule has 54 heavy (non-hydrogen) atoms. The first-order valence-corrected chi connectivity index (χ1v) is 25.8. The van der Waals surface area contributed by atoms with E-state index in [1.165, 1.54) is 283 Å². The Morgan fingerprint density at radius 1 is 0.352 bits per heavy atom. The molecule has 1 aromatic heterocycles. The fraction of sp³-hybridized carbons (Fsp3) is 0.906. The van der Waals surface area contributed by atoms with Crippen molar-refractivity contribution in [3.63, 3.8) is 0 Å². The zero-order valence-corrected chi connectivity index (χ0v) is 37.9. The Bertz CT molecular complexity index is 830. The van der Waals surface area contributed by atoms with Crippen LogP contribution in [-0.2, 0) is 13.0 Å². The summed E-state index contributed by atoms with van der Waals surface area (Å²) in [6, 6.07) is 4.69. The molecule has 1 atom stereocenters. The minimum absolute atomic E-state index is 0.955. The molecule has 0 bridgehead atoms. The van der Waals surface area contributed by atoms with Crippen LogP contribution in [-0.4, -0.2) is 0 Å². The number of aryl methyl sites for hydroxylation is 2. The van der Waals surface area contributed by atoms with Crippen molar-refractivity contribution < 1.29 is 4.57 Å². The summed E-state index contributed by atoms with van der Waals surface area (Å²) in [7, 11) is 0. The zero-order valence-electron chi connectivity index (χ0n) is 37.9. The van der Waals surface area contributed by atoms with Crippen molar-refractivity contribution in [2.75, 3.05) is 0 Å². The van der Waals surface area contributed by atoms with E-state index in [1.807, 2.05) is 0 Å². The first-order valence-electron chi connectivity index (χ1n) is 25.8. The molecule has 0 saturated carbocycles. The summed E-state index contributed by atoms with van der Waals surface area (Å²) >= 11 is 0. The molecule has 0 fully saturated rings. The molecule has 0 saturated heterocycles. The van der Waals surface area contributed by atoms with E-state index in [0.717, 1.165) is 5.92 Å². The molecule has 1 heteroatoms. The predicted octanol–water partition coefficient (Wildman–Crippen LogP) is 18.6. The van der Waals surface area contributed by atoms with Gasteiger partial charge in [-0.2, -0.15) is 0 Å². The second kappa shape index (κ2) is 43.3. The topological polar surface area (TPSA) is 3.88 Å². The zero-order chi connectivity index (χ0) is 38.7. The van der Waals surface area contributed by atoms with Gasteiger partial charge in [0.25, 0.3) is 0 Å². The van der Waals surface area contributed by atoms with E-state index < -0.39 is 0 Å². The summed E-state index contributed by atoms with van der Waals surface area (Å²) in [6.07, 6.45) is 67.1. The van der Waals surface area contributed by atoms with Gasteiger partial charge in [0.05, 0.1) is 0 Å². The SMILES string of the molecule is CCCCCCCCCCCCCCCCCCc1ccc[n+](CCCC(CCCCCCCC)CCCCCCCCCCCCCCCCCC)c1. The van der Waals surface area contributed by atoms with E-state index >= 15 is 0 Å². The first kappa shape index (κ1) is 51.2. The minimum atomic E-state index is 0.955. The van der Waals surface area contributed by atoms with Crippen molar-refractivity contribution in [3.05, 3.63) is 30.1 Å². The molecule has 0 amide bonds. The molecule has 0 radical (unpaired) electrons. The van der Waals surface area contributed by atoms with Gasteiger partial charge in [0, 0.05) is 18.1 Å². The van der Waals surface area contributed by atoms with Gasteiger partial charge in [-0.1, -0.05) is 271 Å². The molecule has 0 aromatic carbocycles. The Kier molecular flexibility index (Phi) is 41.0. The molecule has 1 rings (SSSR count). The quantitative estimate of drug-likeness (QED) is 0.0461. The lowest BCUT2D eigenvalue weighted by Crippen LogP contribution is -2.33. The van der Waals surface area contributed by atoms with Crippen molar-refractivity contribution >= 4 is 0 Å². The number of hydrogen-bond acceptors (Lipinski definition) is 0. The van der Waals surface area contributed by atoms with Crippen molar-refractivity contribution in [3.8, 4) is 0 Å². The van der Waals surface area contributed by atoms with Gasteiger partial charge in [0.2, 0.25) is 0 Å². The van der Waals surface area contributed by atoms with Crippen LogP contribution in [0.4, 0.5) is 0 Å². The summed E-state index contributed by atoms with van der Waals surface area (Å²) in [5.41, 5.74) is 1.56. The van der Waals surface area contributed by atoms with Gasteiger partial charge in [-0.3, -0.25) is 0 Å². The third-order valence-corrected chi connectivity index (χ3v) is 12.7. The second-order valence-electron chi connectivity index (χ2n) is 18.2. The average Bonchev–Trinajstić information content (AvgIpc) is 3.18. The standard InChI is InChI=1S/C53H102N/c1-4-7-10-13-16-18-20-22-24-26-28-30-32-34-37-40-45-52(44-39-36-15-12-9-6-3)47-42-49-54-50-43-48-53(51-54)46-41-38-35-33-31-29-27-25-23-21-19-17-14-11-8-5-2/h43,48,50-52H,4-42,44-47,49H2,1-3H3/q+1. The Morgan fingerprint density at radius 2 is 0.648 bits per heavy atom. The van der Waals surface area contributed by atoms with Crippen LogP contribution < -0.4 is 4.57 Å². The van der Waals surface area contributed by atoms with E-state index in [1.54, 1.807) is 5.56 Å². The molecular weight excluding hydrogens is 651 g/mol. The van der Waals surface area contributed by atoms with E-state index in [4.69, 9.17) is 0 Å². The number of nitrogens with zero attached hydrogens (tertiary/aromatic N) is 1. The Labute approximate surface area is 342 Å². The maximum atomic E-state index is 2.51. The third-order valence-electron chi connectivity index (χ3n) is 12.7. The predicted molar refractivity (Wildman–Crippen MR) is 245 cm³/mol. The molecule has 0 aliphatic carbocycles. The van der Waals surface area contributed by atoms with Crippen LogP contribution in [0.1, 0.15) is 296 Å². The largest absolute Gasteiger partial charge is 0.205 e. The van der Waals surface area contributed by atoms with E-state index in [-0.39, 0.29) is 0 Å². The van der Waals surface area contributed by atoms with E-state index in [0.29, 0.717) is 0 Å². The molecule has 318 valence electrons. The molecule has 1 nitrogen and oxygen atoms in total. The van der Waals surface area contributed by atoms with Gasteiger partial charge in [-0.05, 0) is 31.2 Å². The van der Waals surface area contributed by atoms with Crippen LogP contribution in [0.5, 0.6) is 0 Å². The summed E-state index contributed by atoms with van der Waals surface area (Å²) in [4.78, 5) is 0. The molecule has 0 N–H and O–H groups in total. The number of unbranched alkanes of at least 4 members (excludes halogenated alkanes) is 35. The number of hydrogen-bond donors (Lipinski definition) is 0. The van der Waals surface area contributed by atoms with Gasteiger partial charge in [-0.25, -0.2) is 4.57 Å². The molecule has 1 unspecified atom stereocenters. The van der Waals surface area contributed by atoms with Crippen molar-refractivity contribution in [1.82, 2.24) is 0 Å². The fourth-order valence-electron chi connectivity index (χ4n) is 8.93. The lowest BCUT2D eigenvalue weighted by Gasteiger charge is -2.16. The Hall–Kier alpha value is -0.850. The van der Waals surface area contributed by atoms with Crippen LogP contribution in [0.15, 0.2) is 24.5 Å². The first-order chi connectivity index (χ1) is 26.8. The van der Waals surface area contributed by atoms with Crippen LogP contribution in [0, 0.1) is 5.92 Å². The summed E-state index contributed by atoms with van der Waals surface area (Å²) in [5.74, 6) is 0.955. The van der Waals surface area contributed by atoms with Gasteiger partial charge in [-0.15, -0.1) is 0 Å². The Balaban J connectivity index is 2.14. The molecule has 1 aromatic rings. The lowest BCUT2D eigenvalue weighted by molar-refractivity contribution is -0.697. The van der Waals surface area contributed by atoms with Crippen LogP contribution in [0.3, 0.4) is 0 Å². The lowest BCUT2D eigenvalue weighted by atomic mass is 9.90. The number of aromatic nitrogens is 1. The monoisotopic (exact) mass is 753 g/mol. The Morgan fingerprint density at radius 3 is 1.00 bits per heavy atom. The smallest absolute Gasteiger partial charge is 0.171 e. The van der Waals surface area contributed by atoms with E-state index in [9.17, 15) is 0 Å². The van der Waals surface area contributed by atoms with Crippen LogP contribution in [0.2, 0.25) is 0 Å². The van der Waals surface area contributed by atoms with Gasteiger partial charge in [0.15, 0.2) is 12.4 Å². The molecule has 1 heterocycles. The molecule has 0 aliphatic rings. The molecule has 0 aliphatic heterocycles. The number of rotatable bonds is 45. The van der Waals surface area contributed by atoms with Gasteiger partial charge in [0.1, 0.15) is 6.54 Å². The summed E-state index contributed by atoms with van der Waals surface area (Å²) in [5, 5.41) is 0. The molecule has 0 spiro atoms. The third kappa shape index (κ3) is 36.8. The highest BCUT2D eigenvalue weighted by Crippen LogP contribution is 2.24. The highest BCUT2D eigenvalue weighted by Gasteiger charge is 2.11. The highest BCUT2D eigenvalue weighted by atomic mass is 14.9. The number of pyridine rings is 1. The van der Waals surface area contributed by atoms with Crippen molar-refractivity contribution in [1.29, 1.82) is 0 Å². The fourth-order valence-corrected chi connectivity index (χ4v) is 8.93. The van der Waals surface area contributed by atoms with Gasteiger partial charge < -0.3 is 0 Å². The molecular formula is C53H102N+. The maximum Gasteiger partial charge on any atom is 0.171 e. The highest BCUT2D eigenvalue weighted by molar-refractivity contribution is 5.05. The minimum Gasteiger partial charge on any atom is -0.205 e. The van der Waals surface area contributed by atoms with E-state index in [2.05, 4.69) is 49.9 Å². The second-order valence-corrected chi connectivity index (χ2v) is 18.2. The van der Waals surface area contributed by atoms with Gasteiger partial charge >= 0.3 is 0 Å². The van der Waals surface area contributed by atoms with Crippen molar-refractivity contribution in [2.24, 2.45) is 5.92 Å². The van der Waals surface area contributed by atoms with Crippen LogP contribution >= 0.6 is 0 Å². The normalized spacial score (nSPS) is 12.2. The summed E-state index contributed by atoms with van der Waals surface area (Å²) < 4.78 is 2.51. The maximum absolute atomic E-state index is 2.51.